The zero-order valence-corrected chi connectivity index (χ0v) is 37.7. The maximum Gasteiger partial charge on any atom is 0.417 e. The van der Waals surface area contributed by atoms with Gasteiger partial charge in [0.05, 0.1) is 79.0 Å². The van der Waals surface area contributed by atoms with Gasteiger partial charge in [0, 0.05) is 54.9 Å². The van der Waals surface area contributed by atoms with Crippen molar-refractivity contribution in [3.05, 3.63) is 229 Å². The van der Waals surface area contributed by atoms with E-state index in [9.17, 15) is 5.26 Å². The topological polar surface area (TPSA) is 59.4 Å². The minimum absolute atomic E-state index is 0.00996. The molecule has 4 heterocycles. The molecule has 0 aliphatic heterocycles. The van der Waals surface area contributed by atoms with Crippen LogP contribution >= 0.6 is 0 Å². The summed E-state index contributed by atoms with van der Waals surface area (Å²) in [6, 6.07) is 63.5. The van der Waals surface area contributed by atoms with Crippen molar-refractivity contribution in [2.24, 2.45) is 0 Å². The lowest BCUT2D eigenvalue weighted by Gasteiger charge is -2.25. The predicted molar refractivity (Wildman–Crippen MR) is 273 cm³/mol. The summed E-state index contributed by atoms with van der Waals surface area (Å²) < 4.78 is 97.2. The Balaban J connectivity index is 1.17. The lowest BCUT2D eigenvalue weighted by molar-refractivity contribution is -0.142. The van der Waals surface area contributed by atoms with E-state index < -0.39 is 29.0 Å². The first-order valence-electron chi connectivity index (χ1n) is 22.9. The van der Waals surface area contributed by atoms with Crippen molar-refractivity contribution in [3.63, 3.8) is 0 Å². The summed E-state index contributed by atoms with van der Waals surface area (Å²) in [5.74, 6) is 0. The number of nitrogens with zero attached hydrogens (tertiary/aromatic N) is 5. The summed E-state index contributed by atoms with van der Waals surface area (Å²) in [4.78, 5) is 9.95. The van der Waals surface area contributed by atoms with Gasteiger partial charge in [-0.15, -0.1) is 0 Å². The molecule has 72 heavy (non-hydrogen) atoms. The second kappa shape index (κ2) is 17.0. The van der Waals surface area contributed by atoms with E-state index in [1.54, 1.807) is 45.5 Å². The van der Waals surface area contributed by atoms with Crippen molar-refractivity contribution in [2.45, 2.75) is 12.4 Å². The maximum atomic E-state index is 15.6. The highest BCUT2D eigenvalue weighted by Crippen LogP contribution is 2.51. The molecule has 0 N–H and O–H groups in total. The number of alkyl halides is 6. The van der Waals surface area contributed by atoms with E-state index in [0.29, 0.717) is 67.1 Å². The van der Waals surface area contributed by atoms with Crippen LogP contribution in [0.15, 0.2) is 212 Å². The molecule has 0 radical (unpaired) electrons. The van der Waals surface area contributed by atoms with Gasteiger partial charge in [0.1, 0.15) is 0 Å². The lowest BCUT2D eigenvalue weighted by atomic mass is 9.89. The van der Waals surface area contributed by atoms with Gasteiger partial charge in [-0.2, -0.15) is 31.6 Å². The van der Waals surface area contributed by atoms with Crippen molar-refractivity contribution < 1.29 is 26.3 Å². The third-order valence-corrected chi connectivity index (χ3v) is 13.2. The number of hydrogen-bond donors (Lipinski definition) is 0. The van der Waals surface area contributed by atoms with Gasteiger partial charge in [-0.3, -0.25) is 0 Å². The van der Waals surface area contributed by atoms with Crippen LogP contribution in [0.4, 0.5) is 26.3 Å². The van der Waals surface area contributed by atoms with Gasteiger partial charge < -0.3 is 9.13 Å². The van der Waals surface area contributed by atoms with Gasteiger partial charge in [0.25, 0.3) is 0 Å². The molecule has 0 amide bonds. The third kappa shape index (κ3) is 7.43. The monoisotopic (exact) mass is 951 g/mol. The predicted octanol–water partition coefficient (Wildman–Crippen LogP) is 16.9. The van der Waals surface area contributed by atoms with Gasteiger partial charge in [-0.1, -0.05) is 127 Å². The quantitative estimate of drug-likeness (QED) is 0.150. The van der Waals surface area contributed by atoms with E-state index in [0.717, 1.165) is 39.7 Å². The van der Waals surface area contributed by atoms with Gasteiger partial charge in [-0.25, -0.2) is 9.97 Å². The fourth-order valence-electron chi connectivity index (χ4n) is 10.1. The fourth-order valence-corrected chi connectivity index (χ4v) is 10.1. The third-order valence-electron chi connectivity index (χ3n) is 13.2. The molecule has 0 aliphatic rings. The van der Waals surface area contributed by atoms with Gasteiger partial charge >= 0.3 is 12.4 Å². The highest BCUT2D eigenvalue weighted by atomic mass is 19.4. The molecule has 12 aromatic rings. The summed E-state index contributed by atoms with van der Waals surface area (Å²) >= 11 is 0. The first-order valence-corrected chi connectivity index (χ1v) is 22.9. The van der Waals surface area contributed by atoms with Crippen LogP contribution in [0.1, 0.15) is 16.7 Å². The second-order valence-corrected chi connectivity index (χ2v) is 17.4. The van der Waals surface area contributed by atoms with Crippen molar-refractivity contribution in [3.8, 4) is 73.6 Å². The first kappa shape index (κ1) is 44.0. The summed E-state index contributed by atoms with van der Waals surface area (Å²) in [6.07, 6.45) is -10.5. The largest absolute Gasteiger partial charge is 0.417 e. The van der Waals surface area contributed by atoms with Crippen LogP contribution in [0.2, 0.25) is 0 Å². The number of benzene rings is 8. The Labute approximate surface area is 407 Å². The molecule has 0 unspecified atom stereocenters. The molecule has 4 aromatic heterocycles. The molecule has 0 bridgehead atoms. The molecule has 5 nitrogen and oxygen atoms in total. The summed E-state index contributed by atoms with van der Waals surface area (Å²) in [6.45, 7) is 0. The Morgan fingerprint density at radius 3 is 1.14 bits per heavy atom. The molecule has 0 saturated heterocycles. The number of fused-ring (bicyclic) bond motifs is 6. The van der Waals surface area contributed by atoms with Gasteiger partial charge in [0.15, 0.2) is 0 Å². The van der Waals surface area contributed by atoms with E-state index in [-0.39, 0.29) is 22.5 Å². The van der Waals surface area contributed by atoms with Crippen LogP contribution in [-0.2, 0) is 12.4 Å². The van der Waals surface area contributed by atoms with Crippen molar-refractivity contribution in [1.82, 2.24) is 19.1 Å². The fraction of sp³-hybridized carbons (Fsp3) is 0.0328. The van der Waals surface area contributed by atoms with Crippen LogP contribution in [0.5, 0.6) is 0 Å². The number of halogens is 6. The molecular weight excluding hydrogens is 917 g/mol. The Hall–Kier alpha value is -9.27. The molecule has 0 saturated carbocycles. The number of aromatic nitrogens is 4. The average Bonchev–Trinajstić information content (AvgIpc) is 3.92. The molecule has 12 rings (SSSR count). The Morgan fingerprint density at radius 2 is 0.722 bits per heavy atom. The van der Waals surface area contributed by atoms with Gasteiger partial charge in [0.2, 0.25) is 0 Å². The average molecular weight is 952 g/mol. The first-order chi connectivity index (χ1) is 34.9. The van der Waals surface area contributed by atoms with E-state index in [2.05, 4.69) is 6.07 Å². The van der Waals surface area contributed by atoms with Gasteiger partial charge in [-0.05, 0) is 84.9 Å². The Kier molecular flexibility index (Phi) is 10.4. The van der Waals surface area contributed by atoms with Crippen LogP contribution < -0.4 is 0 Å². The number of para-hydroxylation sites is 2. The number of rotatable bonds is 7. The second-order valence-electron chi connectivity index (χ2n) is 17.4. The Morgan fingerprint density at radius 1 is 0.347 bits per heavy atom. The lowest BCUT2D eigenvalue weighted by Crippen LogP contribution is -2.16. The highest BCUT2D eigenvalue weighted by molar-refractivity contribution is 6.13. The van der Waals surface area contributed by atoms with Crippen molar-refractivity contribution in [1.29, 1.82) is 5.26 Å². The number of nitriles is 1. The van der Waals surface area contributed by atoms with E-state index in [4.69, 9.17) is 9.97 Å². The Bertz CT molecular complexity index is 3890. The van der Waals surface area contributed by atoms with Crippen molar-refractivity contribution >= 4 is 43.6 Å². The summed E-state index contributed by atoms with van der Waals surface area (Å²) in [7, 11) is 0. The number of pyridine rings is 2. The van der Waals surface area contributed by atoms with E-state index in [1.165, 1.54) is 12.1 Å². The van der Waals surface area contributed by atoms with Crippen LogP contribution in [0.25, 0.3) is 111 Å². The summed E-state index contributed by atoms with van der Waals surface area (Å²) in [5, 5.41) is 13.5. The minimum Gasteiger partial charge on any atom is -0.308 e. The molecule has 8 aromatic carbocycles. The van der Waals surface area contributed by atoms with Crippen LogP contribution in [0, 0.1) is 11.3 Å². The summed E-state index contributed by atoms with van der Waals surface area (Å²) in [5.41, 5.74) is 3.58. The molecule has 11 heteroatoms. The van der Waals surface area contributed by atoms with Crippen molar-refractivity contribution in [2.75, 3.05) is 0 Å². The van der Waals surface area contributed by atoms with E-state index in [1.807, 2.05) is 146 Å². The standard InChI is InChI=1S/C61H35F6N5/c62-60(63,64)46-20-11-21-47(61(65,66)67)58(46)59-56(71-52-26-9-7-18-42(52)44-34-40(28-30-54(44)71)50-24-12-22-48(69-50)38-14-3-1-4-15-38)32-37(36-68)33-57(59)72-53-27-10-8-19-43(53)45-35-41(29-31-55(45)72)51-25-13-23-49(70-51)39-16-5-2-6-17-39/h1-35H. The minimum atomic E-state index is -5.24. The maximum absolute atomic E-state index is 15.6. The SMILES string of the molecule is N#Cc1cc(-n2c3ccccc3c3cc(-c4cccc(-c5ccccc5)n4)ccc32)c(-c2c(C(F)(F)F)cccc2C(F)(F)F)c(-n2c3ccccc3c3cc(-c4cccc(-c5ccccc5)n4)ccc32)c1. The number of hydrogen-bond acceptors (Lipinski definition) is 3. The molecule has 346 valence electrons. The smallest absolute Gasteiger partial charge is 0.308 e. The zero-order chi connectivity index (χ0) is 49.3. The molecule has 0 aliphatic carbocycles. The molecule has 0 spiro atoms. The zero-order valence-electron chi connectivity index (χ0n) is 37.7. The van der Waals surface area contributed by atoms with Crippen LogP contribution in [-0.4, -0.2) is 19.1 Å². The molecule has 0 fully saturated rings. The molecular formula is C61H35F6N5. The normalized spacial score (nSPS) is 12.0. The van der Waals surface area contributed by atoms with E-state index >= 15 is 26.3 Å². The molecule has 0 atom stereocenters. The van der Waals surface area contributed by atoms with Crippen LogP contribution in [0.3, 0.4) is 0 Å². The highest BCUT2D eigenvalue weighted by Gasteiger charge is 2.43.